The van der Waals surface area contributed by atoms with Crippen molar-refractivity contribution in [2.45, 2.75) is 0 Å². The fourth-order valence-electron chi connectivity index (χ4n) is 2.99. The maximum absolute atomic E-state index is 10.2. The number of hydrogen-bond donors (Lipinski definition) is 3. The molecule has 0 bridgehead atoms. The molecule has 4 aromatic carbocycles. The quantitative estimate of drug-likeness (QED) is 0.293. The van der Waals surface area contributed by atoms with Crippen LogP contribution in [-0.4, -0.2) is 28.5 Å². The Labute approximate surface area is 183 Å². The number of aliphatic hydroxyl groups excluding tert-OH is 1. The number of fused-ring (bicyclic) bond motifs is 1. The Morgan fingerprint density at radius 2 is 1.41 bits per heavy atom. The molecule has 0 radical (unpaired) electrons. The van der Waals surface area contributed by atoms with Crippen LogP contribution in [0.25, 0.3) is 10.8 Å². The van der Waals surface area contributed by atoms with Crippen molar-refractivity contribution in [3.8, 4) is 17.2 Å². The smallest absolute Gasteiger partial charge is 0.143 e. The minimum Gasteiger partial charge on any atom is -0.506 e. The van der Waals surface area contributed by atoms with Crippen molar-refractivity contribution in [1.82, 2.24) is 0 Å². The third-order valence-electron chi connectivity index (χ3n) is 4.57. The van der Waals surface area contributed by atoms with Gasteiger partial charge in [-0.2, -0.15) is 10.2 Å². The first-order valence-electron chi connectivity index (χ1n) is 9.85. The van der Waals surface area contributed by atoms with Gasteiger partial charge in [0.1, 0.15) is 35.2 Å². The molecule has 0 aliphatic carbocycles. The summed E-state index contributed by atoms with van der Waals surface area (Å²) in [6, 6.07) is 22.4. The van der Waals surface area contributed by atoms with Gasteiger partial charge < -0.3 is 20.1 Å². The van der Waals surface area contributed by atoms with E-state index in [-0.39, 0.29) is 30.4 Å². The van der Waals surface area contributed by atoms with Gasteiger partial charge in [0, 0.05) is 5.39 Å². The van der Waals surface area contributed by atoms with Crippen molar-refractivity contribution >= 4 is 33.5 Å². The largest absolute Gasteiger partial charge is 0.506 e. The van der Waals surface area contributed by atoms with Crippen LogP contribution in [0.2, 0.25) is 0 Å². The van der Waals surface area contributed by atoms with Crippen molar-refractivity contribution in [3.05, 3.63) is 78.9 Å². The van der Waals surface area contributed by atoms with Crippen molar-refractivity contribution in [3.63, 3.8) is 0 Å². The third-order valence-corrected chi connectivity index (χ3v) is 4.57. The van der Waals surface area contributed by atoms with Gasteiger partial charge in [-0.1, -0.05) is 30.3 Å². The molecular weight excluding hydrogens is 408 g/mol. The lowest BCUT2D eigenvalue weighted by Crippen LogP contribution is -2.00. The lowest BCUT2D eigenvalue weighted by molar-refractivity contribution is 0.201. The number of nitrogens with zero attached hydrogens (tertiary/aromatic N) is 4. The van der Waals surface area contributed by atoms with Crippen LogP contribution in [0.15, 0.2) is 99.3 Å². The van der Waals surface area contributed by atoms with Gasteiger partial charge in [0.05, 0.1) is 18.0 Å². The molecule has 0 fully saturated rings. The summed E-state index contributed by atoms with van der Waals surface area (Å²) < 4.78 is 5.31. The maximum Gasteiger partial charge on any atom is 0.143 e. The van der Waals surface area contributed by atoms with E-state index in [1.54, 1.807) is 48.5 Å². The Morgan fingerprint density at radius 1 is 0.688 bits per heavy atom. The average Bonchev–Trinajstić information content (AvgIpc) is 2.83. The summed E-state index contributed by atoms with van der Waals surface area (Å²) in [6.07, 6.45) is 0. The average molecular weight is 428 g/mol. The predicted molar refractivity (Wildman–Crippen MR) is 121 cm³/mol. The Balaban J connectivity index is 1.56. The molecule has 8 nitrogen and oxygen atoms in total. The number of benzene rings is 4. The summed E-state index contributed by atoms with van der Waals surface area (Å²) in [5.41, 5.74) is 1.59. The van der Waals surface area contributed by atoms with Crippen molar-refractivity contribution in [2.24, 2.45) is 20.5 Å². The van der Waals surface area contributed by atoms with Crippen molar-refractivity contribution in [1.29, 1.82) is 0 Å². The molecule has 0 saturated carbocycles. The summed E-state index contributed by atoms with van der Waals surface area (Å²) in [7, 11) is 0. The number of phenols is 2. The van der Waals surface area contributed by atoms with E-state index in [2.05, 4.69) is 20.5 Å². The number of hydrogen-bond acceptors (Lipinski definition) is 8. The predicted octanol–water partition coefficient (Wildman–Crippen LogP) is 6.45. The van der Waals surface area contributed by atoms with Gasteiger partial charge in [0.2, 0.25) is 0 Å². The fraction of sp³-hybridized carbons (Fsp3) is 0.0833. The molecule has 8 heteroatoms. The fourth-order valence-corrected chi connectivity index (χ4v) is 2.99. The molecule has 0 aromatic heterocycles. The molecule has 0 aliphatic heterocycles. The molecule has 4 aromatic rings. The Kier molecular flexibility index (Phi) is 6.33. The van der Waals surface area contributed by atoms with Gasteiger partial charge >= 0.3 is 0 Å². The molecule has 4 rings (SSSR count). The molecule has 0 amide bonds. The van der Waals surface area contributed by atoms with Crippen molar-refractivity contribution < 1.29 is 20.1 Å². The van der Waals surface area contributed by atoms with Crippen LogP contribution in [-0.2, 0) is 0 Å². The lowest BCUT2D eigenvalue weighted by atomic mass is 10.1. The van der Waals surface area contributed by atoms with E-state index in [0.29, 0.717) is 22.8 Å². The van der Waals surface area contributed by atoms with E-state index in [9.17, 15) is 10.2 Å². The van der Waals surface area contributed by atoms with Crippen LogP contribution in [0.5, 0.6) is 17.2 Å². The number of azo groups is 2. The number of aliphatic hydroxyl groups is 1. The molecule has 0 unspecified atom stereocenters. The minimum absolute atomic E-state index is 0.00537. The van der Waals surface area contributed by atoms with Gasteiger partial charge in [0.25, 0.3) is 0 Å². The van der Waals surface area contributed by atoms with Crippen LogP contribution in [0.1, 0.15) is 0 Å². The van der Waals surface area contributed by atoms with E-state index < -0.39 is 0 Å². The number of aromatic hydroxyl groups is 2. The number of rotatable bonds is 7. The number of phenolic OH excluding ortho intramolecular Hbond substituents is 2. The van der Waals surface area contributed by atoms with E-state index in [0.717, 1.165) is 10.8 Å². The molecular formula is C24H20N4O4. The molecule has 32 heavy (non-hydrogen) atoms. The summed E-state index contributed by atoms with van der Waals surface area (Å²) in [5, 5.41) is 47.5. The van der Waals surface area contributed by atoms with Crippen LogP contribution >= 0.6 is 0 Å². The third kappa shape index (κ3) is 4.88. The van der Waals surface area contributed by atoms with Gasteiger partial charge in [-0.3, -0.25) is 0 Å². The van der Waals surface area contributed by atoms with E-state index in [4.69, 9.17) is 9.84 Å². The molecule has 3 N–H and O–H groups in total. The zero-order valence-corrected chi connectivity index (χ0v) is 17.0. The van der Waals surface area contributed by atoms with Crippen molar-refractivity contribution in [2.75, 3.05) is 13.2 Å². The summed E-state index contributed by atoms with van der Waals surface area (Å²) in [5.74, 6) is 0.550. The van der Waals surface area contributed by atoms with E-state index >= 15 is 0 Å². The van der Waals surface area contributed by atoms with E-state index in [1.807, 2.05) is 24.3 Å². The first kappa shape index (κ1) is 21.0. The molecule has 0 atom stereocenters. The van der Waals surface area contributed by atoms with Gasteiger partial charge in [0.15, 0.2) is 0 Å². The van der Waals surface area contributed by atoms with Gasteiger partial charge in [-0.15, -0.1) is 10.2 Å². The zero-order chi connectivity index (χ0) is 22.3. The standard InChI is InChI=1S/C24H20N4O4/c29-13-14-32-19-9-6-17(7-10-19)25-26-18-8-12-22(30)21(15-18)27-28-24-20-4-2-1-3-16(20)5-11-23(24)31/h1-12,15,29-31H,13-14H2. The maximum atomic E-state index is 10.2. The van der Waals surface area contributed by atoms with Crippen LogP contribution < -0.4 is 4.74 Å². The first-order valence-corrected chi connectivity index (χ1v) is 9.85. The second-order valence-corrected chi connectivity index (χ2v) is 6.79. The SMILES string of the molecule is OCCOc1ccc(N=Nc2ccc(O)c(N=Nc3c(O)ccc4ccccc34)c2)cc1. The summed E-state index contributed by atoms with van der Waals surface area (Å²) in [6.45, 7) is 0.171. The summed E-state index contributed by atoms with van der Waals surface area (Å²) >= 11 is 0. The first-order chi connectivity index (χ1) is 15.6. The normalized spacial score (nSPS) is 11.5. The second-order valence-electron chi connectivity index (χ2n) is 6.79. The topological polar surface area (TPSA) is 119 Å². The lowest BCUT2D eigenvalue weighted by Gasteiger charge is -2.04. The zero-order valence-electron chi connectivity index (χ0n) is 17.0. The second kappa shape index (κ2) is 9.67. The highest BCUT2D eigenvalue weighted by Crippen LogP contribution is 2.38. The van der Waals surface area contributed by atoms with Crippen LogP contribution in [0.3, 0.4) is 0 Å². The Bertz CT molecular complexity index is 1290. The molecule has 0 aliphatic rings. The molecule has 0 heterocycles. The highest BCUT2D eigenvalue weighted by Gasteiger charge is 2.07. The minimum atomic E-state index is -0.0715. The van der Waals surface area contributed by atoms with Crippen LogP contribution in [0, 0.1) is 0 Å². The number of ether oxygens (including phenoxy) is 1. The summed E-state index contributed by atoms with van der Waals surface area (Å²) in [4.78, 5) is 0. The van der Waals surface area contributed by atoms with Gasteiger partial charge in [-0.05, 0) is 53.9 Å². The van der Waals surface area contributed by atoms with Crippen LogP contribution in [0.4, 0.5) is 22.7 Å². The van der Waals surface area contributed by atoms with Gasteiger partial charge in [-0.25, -0.2) is 0 Å². The molecule has 160 valence electrons. The highest BCUT2D eigenvalue weighted by molar-refractivity contribution is 5.95. The molecule has 0 saturated heterocycles. The highest BCUT2D eigenvalue weighted by atomic mass is 16.5. The Morgan fingerprint density at radius 3 is 2.22 bits per heavy atom. The van der Waals surface area contributed by atoms with E-state index in [1.165, 1.54) is 6.07 Å². The molecule has 0 spiro atoms. The monoisotopic (exact) mass is 428 g/mol. The Hall–Kier alpha value is -4.30.